The SMILES string of the molecule is COC(=O)c1ccc2c(=O)n(CC(=O)NCc3ccc(C)cc3)c(=S)[nH]c2c1. The molecule has 0 aliphatic heterocycles. The number of amides is 1. The molecular weight excluding hydrogens is 378 g/mol. The van der Waals surface area contributed by atoms with Crippen LogP contribution in [0.3, 0.4) is 0 Å². The molecule has 1 heterocycles. The van der Waals surface area contributed by atoms with E-state index in [1.54, 1.807) is 0 Å². The largest absolute Gasteiger partial charge is 0.465 e. The lowest BCUT2D eigenvalue weighted by Gasteiger charge is -2.10. The molecule has 0 radical (unpaired) electrons. The average Bonchev–Trinajstić information content (AvgIpc) is 2.69. The minimum absolute atomic E-state index is 0.102. The predicted octanol–water partition coefficient (Wildman–Crippen LogP) is 2.47. The van der Waals surface area contributed by atoms with Crippen molar-refractivity contribution in [3.8, 4) is 0 Å². The highest BCUT2D eigenvalue weighted by atomic mass is 32.1. The van der Waals surface area contributed by atoms with Gasteiger partial charge in [0.25, 0.3) is 5.56 Å². The van der Waals surface area contributed by atoms with Crippen LogP contribution in [-0.4, -0.2) is 28.5 Å². The highest BCUT2D eigenvalue weighted by molar-refractivity contribution is 7.71. The maximum atomic E-state index is 12.7. The number of aryl methyl sites for hydroxylation is 1. The van der Waals surface area contributed by atoms with Gasteiger partial charge in [0.15, 0.2) is 4.77 Å². The number of fused-ring (bicyclic) bond motifs is 1. The van der Waals surface area contributed by atoms with E-state index in [0.29, 0.717) is 23.0 Å². The van der Waals surface area contributed by atoms with E-state index in [0.717, 1.165) is 11.1 Å². The van der Waals surface area contributed by atoms with Crippen LogP contribution in [0.1, 0.15) is 21.5 Å². The molecule has 2 N–H and O–H groups in total. The molecule has 0 saturated carbocycles. The first kappa shape index (κ1) is 19.5. The summed E-state index contributed by atoms with van der Waals surface area (Å²) in [7, 11) is 1.28. The number of carbonyl (C=O) groups is 2. The molecule has 0 atom stereocenters. The number of rotatable bonds is 5. The third-order valence-electron chi connectivity index (χ3n) is 4.31. The first-order chi connectivity index (χ1) is 13.4. The van der Waals surface area contributed by atoms with Gasteiger partial charge in [-0.3, -0.25) is 14.2 Å². The summed E-state index contributed by atoms with van der Waals surface area (Å²) in [6.07, 6.45) is 0. The molecule has 0 aliphatic carbocycles. The molecule has 28 heavy (non-hydrogen) atoms. The lowest BCUT2D eigenvalue weighted by molar-refractivity contribution is -0.121. The number of H-pyrrole nitrogens is 1. The van der Waals surface area contributed by atoms with E-state index in [1.165, 1.54) is 29.9 Å². The van der Waals surface area contributed by atoms with Gasteiger partial charge in [0.05, 0.1) is 23.6 Å². The average molecular weight is 397 g/mol. The fraction of sp³-hybridized carbons (Fsp3) is 0.200. The van der Waals surface area contributed by atoms with Gasteiger partial charge in [0.2, 0.25) is 5.91 Å². The minimum Gasteiger partial charge on any atom is -0.465 e. The molecule has 1 amide bonds. The molecule has 0 aliphatic rings. The second kappa shape index (κ2) is 8.18. The Morgan fingerprint density at radius 2 is 1.89 bits per heavy atom. The van der Waals surface area contributed by atoms with Crippen molar-refractivity contribution < 1.29 is 14.3 Å². The Kier molecular flexibility index (Phi) is 5.70. The zero-order valence-electron chi connectivity index (χ0n) is 15.4. The van der Waals surface area contributed by atoms with Crippen molar-refractivity contribution in [1.29, 1.82) is 0 Å². The van der Waals surface area contributed by atoms with Gasteiger partial charge in [-0.15, -0.1) is 0 Å². The molecule has 0 fully saturated rings. The maximum Gasteiger partial charge on any atom is 0.337 e. The third-order valence-corrected chi connectivity index (χ3v) is 4.64. The van der Waals surface area contributed by atoms with E-state index in [1.807, 2.05) is 31.2 Å². The Morgan fingerprint density at radius 3 is 2.57 bits per heavy atom. The van der Waals surface area contributed by atoms with Gasteiger partial charge in [0.1, 0.15) is 6.54 Å². The number of aromatic amines is 1. The second-order valence-corrected chi connectivity index (χ2v) is 6.72. The van der Waals surface area contributed by atoms with E-state index in [9.17, 15) is 14.4 Å². The summed E-state index contributed by atoms with van der Waals surface area (Å²) in [6, 6.07) is 12.3. The number of benzene rings is 2. The molecule has 0 unspecified atom stereocenters. The van der Waals surface area contributed by atoms with Gasteiger partial charge in [-0.1, -0.05) is 29.8 Å². The number of esters is 1. The van der Waals surface area contributed by atoms with Gasteiger partial charge in [-0.25, -0.2) is 4.79 Å². The lowest BCUT2D eigenvalue weighted by Crippen LogP contribution is -2.33. The van der Waals surface area contributed by atoms with E-state index in [4.69, 9.17) is 12.2 Å². The van der Waals surface area contributed by atoms with Crippen LogP contribution in [0.2, 0.25) is 0 Å². The van der Waals surface area contributed by atoms with Crippen molar-refractivity contribution in [3.05, 3.63) is 74.3 Å². The number of nitrogens with zero attached hydrogens (tertiary/aromatic N) is 1. The van der Waals surface area contributed by atoms with Crippen LogP contribution in [0.15, 0.2) is 47.3 Å². The summed E-state index contributed by atoms with van der Waals surface area (Å²) in [5.74, 6) is -0.839. The number of nitrogens with one attached hydrogen (secondary N) is 2. The number of carbonyl (C=O) groups excluding carboxylic acids is 2. The number of methoxy groups -OCH3 is 1. The van der Waals surface area contributed by atoms with Gasteiger partial charge in [0, 0.05) is 6.54 Å². The van der Waals surface area contributed by atoms with Crippen molar-refractivity contribution in [2.24, 2.45) is 0 Å². The van der Waals surface area contributed by atoms with Crippen LogP contribution in [0.25, 0.3) is 10.9 Å². The maximum absolute atomic E-state index is 12.7. The van der Waals surface area contributed by atoms with Crippen LogP contribution in [-0.2, 0) is 22.6 Å². The summed E-state index contributed by atoms with van der Waals surface area (Å²) < 4.78 is 5.97. The molecule has 0 bridgehead atoms. The lowest BCUT2D eigenvalue weighted by atomic mass is 10.1. The van der Waals surface area contributed by atoms with Crippen LogP contribution in [0, 0.1) is 11.7 Å². The molecular formula is C20H19N3O4S. The van der Waals surface area contributed by atoms with Crippen LogP contribution >= 0.6 is 12.2 Å². The topological polar surface area (TPSA) is 93.2 Å². The molecule has 3 aromatic rings. The fourth-order valence-electron chi connectivity index (χ4n) is 2.75. The van der Waals surface area contributed by atoms with E-state index in [2.05, 4.69) is 15.0 Å². The quantitative estimate of drug-likeness (QED) is 0.510. The van der Waals surface area contributed by atoms with E-state index < -0.39 is 11.5 Å². The Hall–Kier alpha value is -3.26. The minimum atomic E-state index is -0.513. The third kappa shape index (κ3) is 4.17. The predicted molar refractivity (Wildman–Crippen MR) is 108 cm³/mol. The molecule has 144 valence electrons. The van der Waals surface area contributed by atoms with Crippen molar-refractivity contribution in [2.75, 3.05) is 7.11 Å². The van der Waals surface area contributed by atoms with Crippen molar-refractivity contribution >= 4 is 35.0 Å². The second-order valence-electron chi connectivity index (χ2n) is 6.34. The highest BCUT2D eigenvalue weighted by Crippen LogP contribution is 2.11. The molecule has 8 heteroatoms. The Balaban J connectivity index is 1.81. The first-order valence-electron chi connectivity index (χ1n) is 8.56. The smallest absolute Gasteiger partial charge is 0.337 e. The number of hydrogen-bond acceptors (Lipinski definition) is 5. The van der Waals surface area contributed by atoms with E-state index in [-0.39, 0.29) is 17.2 Å². The first-order valence-corrected chi connectivity index (χ1v) is 8.97. The van der Waals surface area contributed by atoms with Crippen LogP contribution in [0.4, 0.5) is 0 Å². The molecule has 1 aromatic heterocycles. The normalized spacial score (nSPS) is 10.6. The molecule has 3 rings (SSSR count). The van der Waals surface area contributed by atoms with E-state index >= 15 is 0 Å². The zero-order chi connectivity index (χ0) is 20.3. The molecule has 0 saturated heterocycles. The molecule has 7 nitrogen and oxygen atoms in total. The summed E-state index contributed by atoms with van der Waals surface area (Å²) in [6.45, 7) is 2.15. The number of hydrogen-bond donors (Lipinski definition) is 2. The van der Waals surface area contributed by atoms with Crippen molar-refractivity contribution in [3.63, 3.8) is 0 Å². The molecule has 0 spiro atoms. The van der Waals surface area contributed by atoms with Gasteiger partial charge in [-0.05, 0) is 42.9 Å². The van der Waals surface area contributed by atoms with Gasteiger partial charge >= 0.3 is 5.97 Å². The highest BCUT2D eigenvalue weighted by Gasteiger charge is 2.12. The standard InChI is InChI=1S/C20H19N3O4S/c1-12-3-5-13(6-4-12)10-21-17(24)11-23-18(25)15-8-7-14(19(26)27-2)9-16(15)22-20(23)28/h3-9H,10-11H2,1-2H3,(H,21,24)(H,22,28). The van der Waals surface area contributed by atoms with Crippen LogP contribution in [0.5, 0.6) is 0 Å². The Labute approximate surface area is 166 Å². The Bertz CT molecular complexity index is 1160. The van der Waals surface area contributed by atoms with Crippen molar-refractivity contribution in [1.82, 2.24) is 14.9 Å². The summed E-state index contributed by atoms with van der Waals surface area (Å²) in [5, 5.41) is 3.11. The monoisotopic (exact) mass is 397 g/mol. The molecule has 2 aromatic carbocycles. The summed E-state index contributed by atoms with van der Waals surface area (Å²) in [4.78, 5) is 39.6. The van der Waals surface area contributed by atoms with Crippen LogP contribution < -0.4 is 10.9 Å². The summed E-state index contributed by atoms with van der Waals surface area (Å²) in [5.41, 5.74) is 2.41. The fourth-order valence-corrected chi connectivity index (χ4v) is 3.01. The van der Waals surface area contributed by atoms with Crippen molar-refractivity contribution in [2.45, 2.75) is 20.0 Å². The Morgan fingerprint density at radius 1 is 1.18 bits per heavy atom. The van der Waals surface area contributed by atoms with Gasteiger partial charge in [-0.2, -0.15) is 0 Å². The number of aromatic nitrogens is 2. The summed E-state index contributed by atoms with van der Waals surface area (Å²) >= 11 is 5.23. The number of ether oxygens (including phenoxy) is 1. The van der Waals surface area contributed by atoms with Gasteiger partial charge < -0.3 is 15.0 Å². The zero-order valence-corrected chi connectivity index (χ0v) is 16.3.